The van der Waals surface area contributed by atoms with Crippen molar-refractivity contribution >= 4 is 0 Å². The van der Waals surface area contributed by atoms with Crippen LogP contribution in [0.2, 0.25) is 0 Å². The Morgan fingerprint density at radius 1 is 0.786 bits per heavy atom. The molecule has 1 aromatic rings. The molecule has 28 heavy (non-hydrogen) atoms. The van der Waals surface area contributed by atoms with Crippen LogP contribution in [0.25, 0.3) is 0 Å². The van der Waals surface area contributed by atoms with E-state index in [0.717, 1.165) is 12.8 Å². The number of hydrogen-bond acceptors (Lipinski definition) is 3. The number of aromatic amines is 1. The second-order valence-corrected chi connectivity index (χ2v) is 8.96. The molecule has 0 atom stereocenters. The summed E-state index contributed by atoms with van der Waals surface area (Å²) in [5, 5.41) is 24.2. The van der Waals surface area contributed by atoms with Crippen LogP contribution >= 0.6 is 0 Å². The molecule has 1 aromatic heterocycles. The van der Waals surface area contributed by atoms with Crippen molar-refractivity contribution < 1.29 is 41.2 Å². The normalized spacial score (nSPS) is 10.9. The van der Waals surface area contributed by atoms with Gasteiger partial charge in [-0.05, 0) is 53.4 Å². The third kappa shape index (κ3) is 22.3. The molecule has 5 heteroatoms. The summed E-state index contributed by atoms with van der Waals surface area (Å²) in [5.41, 5.74) is 2.99. The summed E-state index contributed by atoms with van der Waals surface area (Å²) < 4.78 is 0. The molecule has 0 saturated carbocycles. The van der Waals surface area contributed by atoms with Crippen LogP contribution in [0.4, 0.5) is 0 Å². The molecule has 0 spiro atoms. The van der Waals surface area contributed by atoms with Gasteiger partial charge in [0, 0.05) is 44.2 Å². The molecule has 0 amide bonds. The SMILES string of the molecule is CC(C)O.CC(C)O.CC(C)O.CCC(C)(C)c1[c-]cc(C(C)(C)CC)[nH]1.[Hf]. The van der Waals surface area contributed by atoms with E-state index in [1.807, 2.05) is 0 Å². The second-order valence-electron chi connectivity index (χ2n) is 8.96. The van der Waals surface area contributed by atoms with Crippen molar-refractivity contribution in [3.8, 4) is 0 Å². The molecule has 0 aromatic carbocycles. The third-order valence-corrected chi connectivity index (χ3v) is 3.79. The van der Waals surface area contributed by atoms with Gasteiger partial charge in [0.05, 0.1) is 0 Å². The number of aromatic nitrogens is 1. The Morgan fingerprint density at radius 2 is 1.07 bits per heavy atom. The first kappa shape index (κ1) is 35.5. The average molecular weight is 565 g/mol. The maximum atomic E-state index is 8.06. The molecule has 0 fully saturated rings. The first-order valence-electron chi connectivity index (χ1n) is 10.2. The Morgan fingerprint density at radius 3 is 1.32 bits per heavy atom. The zero-order valence-corrected chi connectivity index (χ0v) is 24.2. The first-order valence-corrected chi connectivity index (χ1v) is 10.2. The molecule has 0 aliphatic carbocycles. The van der Waals surface area contributed by atoms with Crippen LogP contribution in [0, 0.1) is 6.07 Å². The quantitative estimate of drug-likeness (QED) is 0.294. The molecule has 0 aliphatic heterocycles. The van der Waals surface area contributed by atoms with Gasteiger partial charge in [0.25, 0.3) is 0 Å². The molecular formula is C23H48HfNO3-. The summed E-state index contributed by atoms with van der Waals surface area (Å²) in [4.78, 5) is 3.54. The Kier molecular flexibility index (Phi) is 22.6. The van der Waals surface area contributed by atoms with Crippen molar-refractivity contribution in [3.05, 3.63) is 23.5 Å². The molecule has 0 saturated heterocycles. The van der Waals surface area contributed by atoms with Crippen LogP contribution in [0.3, 0.4) is 0 Å². The molecule has 168 valence electrons. The fraction of sp³-hybridized carbons (Fsp3) is 0.826. The Hall–Kier alpha value is 0.0301. The number of rotatable bonds is 4. The fourth-order valence-corrected chi connectivity index (χ4v) is 1.45. The fourth-order valence-electron chi connectivity index (χ4n) is 1.45. The van der Waals surface area contributed by atoms with Crippen LogP contribution < -0.4 is 0 Å². The van der Waals surface area contributed by atoms with Gasteiger partial charge in [-0.2, -0.15) is 0 Å². The Balaban J connectivity index is -0.000000183. The van der Waals surface area contributed by atoms with E-state index in [1.165, 1.54) is 11.4 Å². The van der Waals surface area contributed by atoms with Gasteiger partial charge in [-0.3, -0.25) is 0 Å². The van der Waals surface area contributed by atoms with E-state index in [1.54, 1.807) is 41.5 Å². The molecule has 1 heterocycles. The molecule has 0 unspecified atom stereocenters. The van der Waals surface area contributed by atoms with Crippen molar-refractivity contribution in [2.45, 2.75) is 125 Å². The van der Waals surface area contributed by atoms with Gasteiger partial charge in [-0.15, -0.1) is 5.69 Å². The predicted molar refractivity (Wildman–Crippen MR) is 118 cm³/mol. The smallest absolute Gasteiger partial charge is 0.0483 e. The van der Waals surface area contributed by atoms with Crippen LogP contribution in [-0.2, 0) is 36.7 Å². The zero-order chi connectivity index (χ0) is 22.4. The minimum absolute atomic E-state index is 0. The van der Waals surface area contributed by atoms with Gasteiger partial charge in [0.1, 0.15) is 0 Å². The van der Waals surface area contributed by atoms with E-state index in [9.17, 15) is 0 Å². The van der Waals surface area contributed by atoms with E-state index < -0.39 is 0 Å². The van der Waals surface area contributed by atoms with E-state index in [4.69, 9.17) is 15.3 Å². The summed E-state index contributed by atoms with van der Waals surface area (Å²) >= 11 is 0. The summed E-state index contributed by atoms with van der Waals surface area (Å²) in [6, 6.07) is 5.50. The van der Waals surface area contributed by atoms with Gasteiger partial charge >= 0.3 is 0 Å². The van der Waals surface area contributed by atoms with Crippen LogP contribution in [0.15, 0.2) is 6.07 Å². The van der Waals surface area contributed by atoms with Crippen molar-refractivity contribution in [2.75, 3.05) is 0 Å². The molecule has 4 N–H and O–H groups in total. The number of aliphatic hydroxyl groups excluding tert-OH is 3. The minimum atomic E-state index is -0.167. The Labute approximate surface area is 194 Å². The van der Waals surface area contributed by atoms with Crippen LogP contribution in [-0.4, -0.2) is 38.6 Å². The predicted octanol–water partition coefficient (Wildman–Crippen LogP) is 5.35. The van der Waals surface area contributed by atoms with E-state index in [2.05, 4.69) is 58.7 Å². The van der Waals surface area contributed by atoms with Gasteiger partial charge in [0.15, 0.2) is 0 Å². The first-order chi connectivity index (χ1) is 12.0. The summed E-state index contributed by atoms with van der Waals surface area (Å²) in [5.74, 6) is 0. The van der Waals surface area contributed by atoms with Crippen LogP contribution in [0.5, 0.6) is 0 Å². The Bertz CT molecular complexity index is 399. The largest absolute Gasteiger partial charge is 0.454 e. The van der Waals surface area contributed by atoms with Gasteiger partial charge in [-0.25, -0.2) is 12.1 Å². The van der Waals surface area contributed by atoms with Gasteiger partial charge in [-0.1, -0.05) is 59.1 Å². The van der Waals surface area contributed by atoms with Crippen LogP contribution in [0.1, 0.15) is 107 Å². The van der Waals surface area contributed by atoms with E-state index in [0.29, 0.717) is 0 Å². The number of aliphatic hydroxyl groups is 3. The molecule has 1 rings (SSSR count). The van der Waals surface area contributed by atoms with Gasteiger partial charge in [0.2, 0.25) is 0 Å². The number of nitrogens with one attached hydrogen (secondary N) is 1. The summed E-state index contributed by atoms with van der Waals surface area (Å²) in [6.45, 7) is 23.9. The second kappa shape index (κ2) is 17.9. The summed E-state index contributed by atoms with van der Waals surface area (Å²) in [7, 11) is 0. The molecule has 0 radical (unpaired) electrons. The average Bonchev–Trinajstić information content (AvgIpc) is 2.97. The zero-order valence-electron chi connectivity index (χ0n) is 20.6. The molecular weight excluding hydrogens is 517 g/mol. The maximum absolute atomic E-state index is 8.06. The minimum Gasteiger partial charge on any atom is -0.454 e. The van der Waals surface area contributed by atoms with Gasteiger partial charge < -0.3 is 20.3 Å². The van der Waals surface area contributed by atoms with Crippen molar-refractivity contribution in [3.63, 3.8) is 0 Å². The monoisotopic (exact) mass is 566 g/mol. The number of H-pyrrole nitrogens is 1. The standard InChI is InChI=1S/C14H24N.3C3H8O.Hf/c1-7-13(3,4)11-9-10-12(15-11)14(5,6)8-2;3*1-3(2)4;/h9,15H,7-8H2,1-6H3;3*3-4H,1-2H3;/q-1;;;;. The van der Waals surface area contributed by atoms with E-state index in [-0.39, 0.29) is 55.0 Å². The molecule has 0 aliphatic rings. The van der Waals surface area contributed by atoms with Crippen molar-refractivity contribution in [1.29, 1.82) is 0 Å². The molecule has 4 nitrogen and oxygen atoms in total. The van der Waals surface area contributed by atoms with E-state index >= 15 is 0 Å². The molecule has 0 bridgehead atoms. The summed E-state index contributed by atoms with van der Waals surface area (Å²) in [6.07, 6.45) is 1.78. The topological polar surface area (TPSA) is 76.5 Å². The van der Waals surface area contributed by atoms with Crippen molar-refractivity contribution in [2.24, 2.45) is 0 Å². The van der Waals surface area contributed by atoms with Crippen molar-refractivity contribution in [1.82, 2.24) is 4.98 Å². The number of hydrogen-bond donors (Lipinski definition) is 4. The third-order valence-electron chi connectivity index (χ3n) is 3.79. The maximum Gasteiger partial charge on any atom is 0.0483 e.